The van der Waals surface area contributed by atoms with Crippen LogP contribution in [0.2, 0.25) is 0 Å². The molecule has 0 spiro atoms. The van der Waals surface area contributed by atoms with Crippen molar-refractivity contribution >= 4 is 48.9 Å². The average Bonchev–Trinajstić information content (AvgIpc) is 2.63. The number of nitro groups is 1. The summed E-state index contributed by atoms with van der Waals surface area (Å²) in [5.74, 6) is -0.406. The van der Waals surface area contributed by atoms with Crippen LogP contribution in [-0.4, -0.2) is 14.6 Å². The first-order valence-electron chi connectivity index (χ1n) is 8.07. The Kier molecular flexibility index (Phi) is 6.69. The van der Waals surface area contributed by atoms with E-state index in [0.29, 0.717) is 15.4 Å². The minimum Gasteiger partial charge on any atom is -0.493 e. The normalized spacial score (nSPS) is 12.1. The van der Waals surface area contributed by atoms with Crippen molar-refractivity contribution in [3.8, 4) is 11.9 Å². The van der Waals surface area contributed by atoms with Crippen LogP contribution in [0.15, 0.2) is 36.1 Å². The number of nitro benzene ring substituents is 1. The highest BCUT2D eigenvalue weighted by atomic mass is 79.9. The molecule has 11 heteroatoms. The predicted octanol–water partition coefficient (Wildman–Crippen LogP) is 5.55. The highest BCUT2D eigenvalue weighted by molar-refractivity contribution is 9.11. The summed E-state index contributed by atoms with van der Waals surface area (Å²) < 4.78 is 1.72. The maximum Gasteiger partial charge on any atom is 0.281 e. The molecule has 0 radical (unpaired) electrons. The Bertz CT molecular complexity index is 1070. The summed E-state index contributed by atoms with van der Waals surface area (Å²) in [6.07, 6.45) is 0.553. The number of nitrogens with zero attached hydrogens (tertiary/aromatic N) is 5. The third kappa shape index (κ3) is 3.98. The monoisotopic (exact) mass is 511 g/mol. The van der Waals surface area contributed by atoms with E-state index in [4.69, 9.17) is 0 Å². The van der Waals surface area contributed by atoms with Gasteiger partial charge in [-0.2, -0.15) is 5.26 Å². The average molecular weight is 513 g/mol. The Morgan fingerprint density at radius 2 is 1.86 bits per heavy atom. The number of hydrogen-bond acceptors (Lipinski definition) is 7. The molecule has 1 unspecified atom stereocenters. The lowest BCUT2D eigenvalue weighted by atomic mass is 10.1. The van der Waals surface area contributed by atoms with Crippen molar-refractivity contribution in [1.29, 1.82) is 5.26 Å². The fourth-order valence-electron chi connectivity index (χ4n) is 2.47. The van der Waals surface area contributed by atoms with Crippen molar-refractivity contribution < 1.29 is 10.0 Å². The molecule has 1 N–H and O–H groups in total. The number of aromatic nitrogens is 1. The molecule has 0 aliphatic rings. The van der Waals surface area contributed by atoms with Crippen molar-refractivity contribution in [2.24, 2.45) is 10.2 Å². The lowest BCUT2D eigenvalue weighted by Gasteiger charge is -2.17. The van der Waals surface area contributed by atoms with Gasteiger partial charge in [-0.05, 0) is 52.1 Å². The van der Waals surface area contributed by atoms with Crippen LogP contribution in [0.25, 0.3) is 0 Å². The van der Waals surface area contributed by atoms with Gasteiger partial charge in [-0.1, -0.05) is 6.92 Å². The van der Waals surface area contributed by atoms with Gasteiger partial charge in [0.25, 0.3) is 11.2 Å². The fourth-order valence-corrected chi connectivity index (χ4v) is 3.79. The summed E-state index contributed by atoms with van der Waals surface area (Å²) in [4.78, 5) is 23.2. The second-order valence-corrected chi connectivity index (χ2v) is 7.64. The molecular weight excluding hydrogens is 498 g/mol. The molecule has 28 heavy (non-hydrogen) atoms. The highest BCUT2D eigenvalue weighted by Gasteiger charge is 2.22. The van der Waals surface area contributed by atoms with Gasteiger partial charge in [0, 0.05) is 23.7 Å². The van der Waals surface area contributed by atoms with Gasteiger partial charge in [-0.15, -0.1) is 10.2 Å². The van der Waals surface area contributed by atoms with E-state index in [1.807, 2.05) is 13.0 Å². The number of non-ortho nitro benzene ring substituents is 1. The van der Waals surface area contributed by atoms with Crippen molar-refractivity contribution in [1.82, 2.24) is 4.57 Å². The van der Waals surface area contributed by atoms with Gasteiger partial charge in [0.2, 0.25) is 5.88 Å². The quantitative estimate of drug-likeness (QED) is 0.318. The van der Waals surface area contributed by atoms with E-state index < -0.39 is 16.4 Å². The predicted molar refractivity (Wildman–Crippen MR) is 109 cm³/mol. The van der Waals surface area contributed by atoms with Gasteiger partial charge in [0.05, 0.1) is 13.9 Å². The largest absolute Gasteiger partial charge is 0.493 e. The number of benzene rings is 1. The van der Waals surface area contributed by atoms with E-state index in [1.54, 1.807) is 6.92 Å². The Morgan fingerprint density at radius 1 is 1.32 bits per heavy atom. The number of halogens is 2. The van der Waals surface area contributed by atoms with E-state index in [0.717, 1.165) is 4.57 Å². The Morgan fingerprint density at radius 3 is 2.32 bits per heavy atom. The molecule has 146 valence electrons. The van der Waals surface area contributed by atoms with Crippen LogP contribution in [0.1, 0.15) is 37.4 Å². The first kappa shape index (κ1) is 21.7. The lowest BCUT2D eigenvalue weighted by Crippen LogP contribution is -2.24. The smallest absolute Gasteiger partial charge is 0.281 e. The van der Waals surface area contributed by atoms with Crippen LogP contribution in [-0.2, 0) is 0 Å². The van der Waals surface area contributed by atoms with Crippen molar-refractivity contribution in [3.05, 3.63) is 52.7 Å². The molecule has 0 amide bonds. The standard InChI is InChI=1S/C17H15Br2N5O4/c1-4-8(2)23-16(25)11(7-20)9(3)14(17(23)26)21-22-15-12(18)5-10(24(27)28)6-13(15)19/h5-6,8,25H,4H2,1-3H3. The minimum atomic E-state index is -0.582. The van der Waals surface area contributed by atoms with Crippen molar-refractivity contribution in [2.75, 3.05) is 0 Å². The summed E-state index contributed by atoms with van der Waals surface area (Å²) in [7, 11) is 0. The number of azo groups is 1. The molecule has 1 aromatic carbocycles. The van der Waals surface area contributed by atoms with Crippen LogP contribution in [0, 0.1) is 28.4 Å². The molecule has 0 aliphatic carbocycles. The molecule has 0 saturated carbocycles. The van der Waals surface area contributed by atoms with Crippen LogP contribution in [0.5, 0.6) is 5.88 Å². The van der Waals surface area contributed by atoms with E-state index in [-0.39, 0.29) is 34.2 Å². The van der Waals surface area contributed by atoms with Gasteiger partial charge in [-0.25, -0.2) is 0 Å². The van der Waals surface area contributed by atoms with E-state index >= 15 is 0 Å². The first-order valence-corrected chi connectivity index (χ1v) is 9.65. The maximum atomic E-state index is 12.8. The van der Waals surface area contributed by atoms with Gasteiger partial charge in [0.15, 0.2) is 5.69 Å². The zero-order valence-electron chi connectivity index (χ0n) is 15.1. The summed E-state index contributed by atoms with van der Waals surface area (Å²) in [6, 6.07) is 4.06. The summed E-state index contributed by atoms with van der Waals surface area (Å²) in [5.41, 5.74) is -0.443. The molecular formula is C17H15Br2N5O4. The van der Waals surface area contributed by atoms with E-state index in [1.165, 1.54) is 19.1 Å². The summed E-state index contributed by atoms with van der Waals surface area (Å²) in [5, 5.41) is 38.7. The van der Waals surface area contributed by atoms with Gasteiger partial charge >= 0.3 is 0 Å². The van der Waals surface area contributed by atoms with Gasteiger partial charge < -0.3 is 5.11 Å². The van der Waals surface area contributed by atoms with Crippen LogP contribution >= 0.6 is 31.9 Å². The number of nitriles is 1. The second kappa shape index (κ2) is 8.62. The molecule has 1 atom stereocenters. The number of aromatic hydroxyl groups is 1. The molecule has 0 aliphatic heterocycles. The van der Waals surface area contributed by atoms with Crippen LogP contribution < -0.4 is 5.56 Å². The molecule has 1 aromatic heterocycles. The number of pyridine rings is 1. The second-order valence-electron chi connectivity index (χ2n) is 5.93. The molecule has 0 bridgehead atoms. The molecule has 2 aromatic rings. The van der Waals surface area contributed by atoms with Crippen molar-refractivity contribution in [3.63, 3.8) is 0 Å². The zero-order chi connectivity index (χ0) is 21.2. The third-order valence-corrected chi connectivity index (χ3v) is 5.42. The topological polar surface area (TPSA) is 134 Å². The maximum absolute atomic E-state index is 12.8. The van der Waals surface area contributed by atoms with E-state index in [9.17, 15) is 25.3 Å². The Balaban J connectivity index is 2.69. The summed E-state index contributed by atoms with van der Waals surface area (Å²) >= 11 is 6.40. The molecule has 2 rings (SSSR count). The van der Waals surface area contributed by atoms with Crippen molar-refractivity contribution in [2.45, 2.75) is 33.2 Å². The first-order chi connectivity index (χ1) is 13.1. The van der Waals surface area contributed by atoms with E-state index in [2.05, 4.69) is 42.1 Å². The third-order valence-electron chi connectivity index (χ3n) is 4.21. The fraction of sp³-hybridized carbons (Fsp3) is 0.294. The highest BCUT2D eigenvalue weighted by Crippen LogP contribution is 2.38. The lowest BCUT2D eigenvalue weighted by molar-refractivity contribution is -0.385. The van der Waals surface area contributed by atoms with Crippen LogP contribution in [0.3, 0.4) is 0 Å². The molecule has 9 nitrogen and oxygen atoms in total. The van der Waals surface area contributed by atoms with Crippen LogP contribution in [0.4, 0.5) is 17.1 Å². The SMILES string of the molecule is CCC(C)n1c(O)c(C#N)c(C)c(N=Nc2c(Br)cc([N+](=O)[O-])cc2Br)c1=O. The van der Waals surface area contributed by atoms with Gasteiger partial charge in [-0.3, -0.25) is 19.5 Å². The Hall–Kier alpha value is -2.58. The number of hydrogen-bond donors (Lipinski definition) is 1. The minimum absolute atomic E-state index is 0.0596. The Labute approximate surface area is 176 Å². The molecule has 1 heterocycles. The molecule has 0 saturated heterocycles. The molecule has 0 fully saturated rings. The number of rotatable bonds is 5. The summed E-state index contributed by atoms with van der Waals surface area (Å²) in [6.45, 7) is 5.08. The van der Waals surface area contributed by atoms with Gasteiger partial charge in [0.1, 0.15) is 17.3 Å². The zero-order valence-corrected chi connectivity index (χ0v) is 18.3.